The van der Waals surface area contributed by atoms with Gasteiger partial charge in [-0.15, -0.1) is 0 Å². The molecule has 4 aromatic carbocycles. The highest BCUT2D eigenvalue weighted by Crippen LogP contribution is 2.36. The van der Waals surface area contributed by atoms with E-state index >= 15 is 0 Å². The van der Waals surface area contributed by atoms with Crippen LogP contribution >= 0.6 is 23.4 Å². The molecule has 0 aliphatic carbocycles. The minimum Gasteiger partial charge on any atom is -0.493 e. The first-order valence-corrected chi connectivity index (χ1v) is 12.5. The maximum Gasteiger partial charge on any atom is 0.293 e. The number of methoxy groups -OCH3 is 1. The molecule has 1 heterocycles. The van der Waals surface area contributed by atoms with Crippen molar-refractivity contribution in [2.24, 2.45) is 0 Å². The molecule has 5 rings (SSSR count). The number of amides is 2. The van der Waals surface area contributed by atoms with Crippen LogP contribution in [0.25, 0.3) is 16.8 Å². The summed E-state index contributed by atoms with van der Waals surface area (Å²) in [4.78, 5) is 27.5. The summed E-state index contributed by atoms with van der Waals surface area (Å²) in [7, 11) is 1.56. The topological polar surface area (TPSA) is 55.8 Å². The van der Waals surface area contributed by atoms with Gasteiger partial charge < -0.3 is 9.47 Å². The first-order valence-electron chi connectivity index (χ1n) is 11.3. The van der Waals surface area contributed by atoms with E-state index in [-0.39, 0.29) is 17.7 Å². The summed E-state index contributed by atoms with van der Waals surface area (Å²) >= 11 is 6.99. The van der Waals surface area contributed by atoms with Crippen LogP contribution in [0.15, 0.2) is 89.8 Å². The van der Waals surface area contributed by atoms with Crippen molar-refractivity contribution < 1.29 is 19.1 Å². The lowest BCUT2D eigenvalue weighted by molar-refractivity contribution is -0.123. The number of hydrogen-bond donors (Lipinski definition) is 0. The molecule has 0 radical (unpaired) electrons. The molecule has 180 valence electrons. The van der Waals surface area contributed by atoms with Crippen molar-refractivity contribution in [3.8, 4) is 11.5 Å². The SMILES string of the molecule is COc1cc(/C=C2\SC(=O)N(Cc3cccc4ccccc34)C2=O)ccc1OCc1cccc(Cl)c1. The van der Waals surface area contributed by atoms with Crippen LogP contribution in [-0.2, 0) is 17.9 Å². The van der Waals surface area contributed by atoms with Crippen molar-refractivity contribution in [3.05, 3.63) is 112 Å². The number of benzene rings is 4. The molecular weight excluding hydrogens is 494 g/mol. The van der Waals surface area contributed by atoms with Crippen molar-refractivity contribution >= 4 is 51.4 Å². The summed E-state index contributed by atoms with van der Waals surface area (Å²) in [5, 5.41) is 2.46. The molecule has 1 saturated heterocycles. The van der Waals surface area contributed by atoms with Crippen LogP contribution < -0.4 is 9.47 Å². The van der Waals surface area contributed by atoms with Gasteiger partial charge >= 0.3 is 0 Å². The minimum absolute atomic E-state index is 0.225. The maximum atomic E-state index is 13.1. The van der Waals surface area contributed by atoms with Crippen LogP contribution in [0.3, 0.4) is 0 Å². The Morgan fingerprint density at radius 3 is 2.56 bits per heavy atom. The van der Waals surface area contributed by atoms with E-state index in [1.807, 2.05) is 72.8 Å². The summed E-state index contributed by atoms with van der Waals surface area (Å²) in [5.41, 5.74) is 2.60. The van der Waals surface area contributed by atoms with Crippen LogP contribution in [0, 0.1) is 0 Å². The van der Waals surface area contributed by atoms with Crippen LogP contribution in [0.2, 0.25) is 5.02 Å². The fourth-order valence-electron chi connectivity index (χ4n) is 4.07. The Kier molecular flexibility index (Phi) is 6.98. The van der Waals surface area contributed by atoms with Gasteiger partial charge in [-0.3, -0.25) is 14.5 Å². The number of fused-ring (bicyclic) bond motifs is 1. The molecule has 0 spiro atoms. The van der Waals surface area contributed by atoms with E-state index in [4.69, 9.17) is 21.1 Å². The number of ether oxygens (including phenoxy) is 2. The maximum absolute atomic E-state index is 13.1. The predicted molar refractivity (Wildman–Crippen MR) is 144 cm³/mol. The van der Waals surface area contributed by atoms with Gasteiger partial charge in [0.1, 0.15) is 6.61 Å². The van der Waals surface area contributed by atoms with Crippen LogP contribution in [0.1, 0.15) is 16.7 Å². The fourth-order valence-corrected chi connectivity index (χ4v) is 5.12. The molecule has 0 atom stereocenters. The molecule has 1 fully saturated rings. The molecule has 1 aliphatic heterocycles. The molecule has 2 amide bonds. The zero-order valence-corrected chi connectivity index (χ0v) is 21.0. The lowest BCUT2D eigenvalue weighted by Crippen LogP contribution is -2.27. The molecule has 0 aromatic heterocycles. The highest BCUT2D eigenvalue weighted by Gasteiger charge is 2.35. The van der Waals surface area contributed by atoms with E-state index in [9.17, 15) is 9.59 Å². The Balaban J connectivity index is 1.33. The lowest BCUT2D eigenvalue weighted by Gasteiger charge is -2.14. The van der Waals surface area contributed by atoms with Gasteiger partial charge in [-0.25, -0.2) is 0 Å². The van der Waals surface area contributed by atoms with Gasteiger partial charge in [-0.2, -0.15) is 0 Å². The first kappa shape index (κ1) is 24.0. The smallest absolute Gasteiger partial charge is 0.293 e. The van der Waals surface area contributed by atoms with Gasteiger partial charge in [0.25, 0.3) is 11.1 Å². The van der Waals surface area contributed by atoms with Crippen LogP contribution in [0.5, 0.6) is 11.5 Å². The standard InChI is InChI=1S/C29H22ClNO4S/c1-34-26-15-19(12-13-25(26)35-18-20-6-4-10-23(30)14-20)16-27-28(32)31(29(33)36-27)17-22-9-5-8-21-7-2-3-11-24(21)22/h2-16H,17-18H2,1H3/b27-16-. The number of nitrogens with zero attached hydrogens (tertiary/aromatic N) is 1. The molecule has 7 heteroatoms. The van der Waals surface area contributed by atoms with Gasteiger partial charge in [0.15, 0.2) is 11.5 Å². The molecule has 5 nitrogen and oxygen atoms in total. The Morgan fingerprint density at radius 2 is 1.72 bits per heavy atom. The van der Waals surface area contributed by atoms with Gasteiger partial charge in [0, 0.05) is 5.02 Å². The van der Waals surface area contributed by atoms with E-state index < -0.39 is 0 Å². The minimum atomic E-state index is -0.307. The van der Waals surface area contributed by atoms with E-state index in [1.165, 1.54) is 4.90 Å². The number of rotatable bonds is 7. The van der Waals surface area contributed by atoms with Crippen molar-refractivity contribution in [1.29, 1.82) is 0 Å². The molecule has 4 aromatic rings. The third-order valence-electron chi connectivity index (χ3n) is 5.85. The van der Waals surface area contributed by atoms with E-state index in [0.29, 0.717) is 28.0 Å². The average Bonchev–Trinajstić information content (AvgIpc) is 3.15. The Labute approximate surface area is 218 Å². The molecule has 0 unspecified atom stereocenters. The Hall–Kier alpha value is -3.74. The quantitative estimate of drug-likeness (QED) is 0.241. The molecule has 36 heavy (non-hydrogen) atoms. The lowest BCUT2D eigenvalue weighted by atomic mass is 10.0. The Morgan fingerprint density at radius 1 is 0.917 bits per heavy atom. The molecule has 1 aliphatic rings. The molecule has 0 N–H and O–H groups in total. The predicted octanol–water partition coefficient (Wildman–Crippen LogP) is 7.32. The zero-order chi connectivity index (χ0) is 25.1. The molecular formula is C29H22ClNO4S. The van der Waals surface area contributed by atoms with E-state index in [0.717, 1.165) is 39.2 Å². The van der Waals surface area contributed by atoms with Crippen LogP contribution in [-0.4, -0.2) is 23.2 Å². The van der Waals surface area contributed by atoms with Crippen molar-refractivity contribution in [2.45, 2.75) is 13.2 Å². The number of carbonyl (C=O) groups excluding carboxylic acids is 2. The first-order chi connectivity index (χ1) is 17.5. The summed E-state index contributed by atoms with van der Waals surface area (Å²) in [6.45, 7) is 0.562. The molecule has 0 saturated carbocycles. The largest absolute Gasteiger partial charge is 0.493 e. The summed E-state index contributed by atoms with van der Waals surface area (Å²) in [5.74, 6) is 0.789. The van der Waals surface area contributed by atoms with Gasteiger partial charge in [-0.05, 0) is 69.6 Å². The van der Waals surface area contributed by atoms with Gasteiger partial charge in [0.2, 0.25) is 0 Å². The highest BCUT2D eigenvalue weighted by molar-refractivity contribution is 8.18. The number of thioether (sulfide) groups is 1. The average molecular weight is 516 g/mol. The van der Waals surface area contributed by atoms with Crippen molar-refractivity contribution in [2.75, 3.05) is 7.11 Å². The van der Waals surface area contributed by atoms with Crippen molar-refractivity contribution in [1.82, 2.24) is 4.90 Å². The van der Waals surface area contributed by atoms with Gasteiger partial charge in [0.05, 0.1) is 18.6 Å². The van der Waals surface area contributed by atoms with Gasteiger partial charge in [-0.1, -0.05) is 72.3 Å². The van der Waals surface area contributed by atoms with E-state index in [1.54, 1.807) is 25.3 Å². The zero-order valence-electron chi connectivity index (χ0n) is 19.4. The second kappa shape index (κ2) is 10.5. The number of halogens is 1. The third-order valence-corrected chi connectivity index (χ3v) is 6.99. The summed E-state index contributed by atoms with van der Waals surface area (Å²) in [6, 6.07) is 26.7. The highest BCUT2D eigenvalue weighted by atomic mass is 35.5. The second-order valence-corrected chi connectivity index (χ2v) is 9.66. The number of imide groups is 1. The number of hydrogen-bond acceptors (Lipinski definition) is 5. The monoisotopic (exact) mass is 515 g/mol. The number of carbonyl (C=O) groups is 2. The fraction of sp³-hybridized carbons (Fsp3) is 0.103. The van der Waals surface area contributed by atoms with E-state index in [2.05, 4.69) is 0 Å². The van der Waals surface area contributed by atoms with Crippen LogP contribution in [0.4, 0.5) is 4.79 Å². The Bertz CT molecular complexity index is 1490. The summed E-state index contributed by atoms with van der Waals surface area (Å²) in [6.07, 6.45) is 1.71. The molecule has 0 bridgehead atoms. The van der Waals surface area contributed by atoms with Crippen molar-refractivity contribution in [3.63, 3.8) is 0 Å². The third kappa shape index (κ3) is 5.10. The second-order valence-electron chi connectivity index (χ2n) is 8.24. The normalized spacial score (nSPS) is 14.6. The summed E-state index contributed by atoms with van der Waals surface area (Å²) < 4.78 is 11.4.